The number of aryl methyl sites for hydroxylation is 1. The standard InChI is InChI=1S/C19H16FN3OS/c1-12-8-18-21-22-19(25-11-13-4-3-5-14(20)9-13)23(18)17-10-15(24-2)6-7-16(12)17/h3-10H,11H2,1-2H3. The number of nitrogens with zero attached hydrogens (tertiary/aromatic N) is 3. The van der Waals surface area contributed by atoms with Crippen molar-refractivity contribution in [1.82, 2.24) is 14.6 Å². The molecule has 2 heterocycles. The molecule has 126 valence electrons. The summed E-state index contributed by atoms with van der Waals surface area (Å²) in [6.07, 6.45) is 0. The van der Waals surface area contributed by atoms with Gasteiger partial charge in [0.2, 0.25) is 0 Å². The van der Waals surface area contributed by atoms with E-state index in [9.17, 15) is 4.39 Å². The van der Waals surface area contributed by atoms with Gasteiger partial charge in [-0.05, 0) is 48.4 Å². The third-order valence-corrected chi connectivity index (χ3v) is 5.13. The molecule has 0 N–H and O–H groups in total. The number of pyridine rings is 1. The number of thioether (sulfide) groups is 1. The fourth-order valence-electron chi connectivity index (χ4n) is 2.90. The molecule has 0 unspecified atom stereocenters. The van der Waals surface area contributed by atoms with Crippen LogP contribution in [0.15, 0.2) is 53.7 Å². The first kappa shape index (κ1) is 15.9. The maximum atomic E-state index is 13.4. The molecule has 6 heteroatoms. The van der Waals surface area contributed by atoms with Crippen LogP contribution < -0.4 is 4.74 Å². The SMILES string of the molecule is COc1ccc2c(C)cc3nnc(SCc4cccc(F)c4)n3c2c1. The number of aromatic nitrogens is 3. The van der Waals surface area contributed by atoms with Crippen LogP contribution in [0.5, 0.6) is 5.75 Å². The predicted octanol–water partition coefficient (Wildman–Crippen LogP) is 4.63. The van der Waals surface area contributed by atoms with Gasteiger partial charge >= 0.3 is 0 Å². The summed E-state index contributed by atoms with van der Waals surface area (Å²) < 4.78 is 20.8. The molecule has 25 heavy (non-hydrogen) atoms. The van der Waals surface area contributed by atoms with Crippen LogP contribution in [-0.2, 0) is 5.75 Å². The zero-order chi connectivity index (χ0) is 17.4. The second-order valence-corrected chi connectivity index (χ2v) is 6.75. The van der Waals surface area contributed by atoms with Crippen LogP contribution in [0.3, 0.4) is 0 Å². The summed E-state index contributed by atoms with van der Waals surface area (Å²) in [6.45, 7) is 2.06. The third-order valence-electron chi connectivity index (χ3n) is 4.13. The van der Waals surface area contributed by atoms with Crippen LogP contribution in [0, 0.1) is 12.7 Å². The number of benzene rings is 2. The lowest BCUT2D eigenvalue weighted by Crippen LogP contribution is -1.95. The fraction of sp³-hybridized carbons (Fsp3) is 0.158. The van der Waals surface area contributed by atoms with Crippen molar-refractivity contribution in [3.8, 4) is 5.75 Å². The van der Waals surface area contributed by atoms with Crippen molar-refractivity contribution in [2.75, 3.05) is 7.11 Å². The second-order valence-electron chi connectivity index (χ2n) is 5.81. The minimum Gasteiger partial charge on any atom is -0.497 e. The fourth-order valence-corrected chi connectivity index (χ4v) is 3.79. The first-order valence-electron chi connectivity index (χ1n) is 7.85. The predicted molar refractivity (Wildman–Crippen MR) is 97.7 cm³/mol. The van der Waals surface area contributed by atoms with Crippen molar-refractivity contribution in [2.45, 2.75) is 17.8 Å². The smallest absolute Gasteiger partial charge is 0.196 e. The molecule has 4 aromatic rings. The molecule has 4 rings (SSSR count). The van der Waals surface area contributed by atoms with Gasteiger partial charge in [-0.25, -0.2) is 4.39 Å². The van der Waals surface area contributed by atoms with E-state index in [0.717, 1.165) is 38.6 Å². The van der Waals surface area contributed by atoms with Crippen LogP contribution in [0.2, 0.25) is 0 Å². The molecule has 2 aromatic carbocycles. The summed E-state index contributed by atoms with van der Waals surface area (Å²) in [5.41, 5.74) is 3.84. The van der Waals surface area contributed by atoms with E-state index in [1.165, 1.54) is 17.8 Å². The van der Waals surface area contributed by atoms with Gasteiger partial charge in [0, 0.05) is 17.2 Å². The molecule has 0 spiro atoms. The molecule has 0 aliphatic rings. The number of hydrogen-bond donors (Lipinski definition) is 0. The summed E-state index contributed by atoms with van der Waals surface area (Å²) in [6, 6.07) is 14.6. The molecule has 2 aromatic heterocycles. The maximum absolute atomic E-state index is 13.4. The van der Waals surface area contributed by atoms with Gasteiger partial charge in [-0.15, -0.1) is 10.2 Å². The summed E-state index contributed by atoms with van der Waals surface area (Å²) in [4.78, 5) is 0. The Kier molecular flexibility index (Phi) is 4.05. The van der Waals surface area contributed by atoms with E-state index >= 15 is 0 Å². The highest BCUT2D eigenvalue weighted by atomic mass is 32.2. The van der Waals surface area contributed by atoms with Crippen LogP contribution in [0.4, 0.5) is 4.39 Å². The monoisotopic (exact) mass is 353 g/mol. The van der Waals surface area contributed by atoms with Gasteiger partial charge in [-0.2, -0.15) is 0 Å². The second kappa shape index (κ2) is 6.37. The van der Waals surface area contributed by atoms with Gasteiger partial charge in [0.05, 0.1) is 12.6 Å². The van der Waals surface area contributed by atoms with Crippen molar-refractivity contribution >= 4 is 28.3 Å². The van der Waals surface area contributed by atoms with Crippen LogP contribution in [0.25, 0.3) is 16.6 Å². The lowest BCUT2D eigenvalue weighted by atomic mass is 10.1. The summed E-state index contributed by atoms with van der Waals surface area (Å²) in [5.74, 6) is 1.18. The van der Waals surface area contributed by atoms with Gasteiger partial charge in [0.25, 0.3) is 0 Å². The van der Waals surface area contributed by atoms with E-state index < -0.39 is 0 Å². The maximum Gasteiger partial charge on any atom is 0.196 e. The molecule has 4 nitrogen and oxygen atoms in total. The molecule has 0 aliphatic carbocycles. The summed E-state index contributed by atoms with van der Waals surface area (Å²) >= 11 is 1.53. The van der Waals surface area contributed by atoms with Crippen LogP contribution in [0.1, 0.15) is 11.1 Å². The largest absolute Gasteiger partial charge is 0.497 e. The Hall–Kier alpha value is -2.60. The summed E-state index contributed by atoms with van der Waals surface area (Å²) in [7, 11) is 1.65. The van der Waals surface area contributed by atoms with Gasteiger partial charge in [-0.1, -0.05) is 23.9 Å². The molecule has 0 fully saturated rings. The normalized spacial score (nSPS) is 11.3. The molecule has 0 atom stereocenters. The van der Waals surface area contributed by atoms with E-state index in [4.69, 9.17) is 4.74 Å². The lowest BCUT2D eigenvalue weighted by Gasteiger charge is -2.09. The van der Waals surface area contributed by atoms with E-state index in [1.807, 2.05) is 34.7 Å². The first-order chi connectivity index (χ1) is 12.2. The van der Waals surface area contributed by atoms with Gasteiger partial charge in [0.1, 0.15) is 11.6 Å². The van der Waals surface area contributed by atoms with Gasteiger partial charge < -0.3 is 4.74 Å². The molecule has 0 radical (unpaired) electrons. The van der Waals surface area contributed by atoms with E-state index in [2.05, 4.69) is 17.1 Å². The third kappa shape index (κ3) is 2.93. The molecule has 0 saturated heterocycles. The minimum absolute atomic E-state index is 0.227. The number of rotatable bonds is 4. The number of ether oxygens (including phenoxy) is 1. The zero-order valence-electron chi connectivity index (χ0n) is 13.9. The highest BCUT2D eigenvalue weighted by Crippen LogP contribution is 2.29. The lowest BCUT2D eigenvalue weighted by molar-refractivity contribution is 0.415. The Labute approximate surface area is 148 Å². The Balaban J connectivity index is 1.80. The average molecular weight is 353 g/mol. The van der Waals surface area contributed by atoms with Crippen molar-refractivity contribution in [3.05, 3.63) is 65.5 Å². The zero-order valence-corrected chi connectivity index (χ0v) is 14.7. The Morgan fingerprint density at radius 1 is 1.12 bits per heavy atom. The Bertz CT molecular complexity index is 1080. The highest BCUT2D eigenvalue weighted by Gasteiger charge is 2.12. The molecular weight excluding hydrogens is 337 g/mol. The van der Waals surface area contributed by atoms with Gasteiger partial charge in [-0.3, -0.25) is 4.40 Å². The van der Waals surface area contributed by atoms with Crippen LogP contribution in [-0.4, -0.2) is 21.7 Å². The van der Waals surface area contributed by atoms with E-state index in [-0.39, 0.29) is 5.82 Å². The number of methoxy groups -OCH3 is 1. The van der Waals surface area contributed by atoms with Crippen molar-refractivity contribution < 1.29 is 9.13 Å². The number of halogens is 1. The Morgan fingerprint density at radius 2 is 2.00 bits per heavy atom. The molecular formula is C19H16FN3OS. The van der Waals surface area contributed by atoms with Crippen molar-refractivity contribution in [1.29, 1.82) is 0 Å². The first-order valence-corrected chi connectivity index (χ1v) is 8.84. The summed E-state index contributed by atoms with van der Waals surface area (Å²) in [5, 5.41) is 10.5. The van der Waals surface area contributed by atoms with Crippen LogP contribution >= 0.6 is 11.8 Å². The van der Waals surface area contributed by atoms with Crippen molar-refractivity contribution in [2.24, 2.45) is 0 Å². The average Bonchev–Trinajstić information content (AvgIpc) is 3.02. The molecule has 0 bridgehead atoms. The highest BCUT2D eigenvalue weighted by molar-refractivity contribution is 7.98. The molecule has 0 amide bonds. The molecule has 0 aliphatic heterocycles. The van der Waals surface area contributed by atoms with E-state index in [0.29, 0.717) is 5.75 Å². The van der Waals surface area contributed by atoms with Gasteiger partial charge in [0.15, 0.2) is 10.8 Å². The Morgan fingerprint density at radius 3 is 2.80 bits per heavy atom. The topological polar surface area (TPSA) is 39.4 Å². The number of hydrogen-bond acceptors (Lipinski definition) is 4. The van der Waals surface area contributed by atoms with E-state index in [1.54, 1.807) is 19.2 Å². The quantitative estimate of drug-likeness (QED) is 0.502. The number of fused-ring (bicyclic) bond motifs is 3. The molecule has 0 saturated carbocycles. The minimum atomic E-state index is -0.227. The van der Waals surface area contributed by atoms with Crippen molar-refractivity contribution in [3.63, 3.8) is 0 Å².